The summed E-state index contributed by atoms with van der Waals surface area (Å²) in [6.07, 6.45) is 9.41. The first-order chi connectivity index (χ1) is 8.25. The first-order valence-electron chi connectivity index (χ1n) is 7.20. The van der Waals surface area contributed by atoms with Gasteiger partial charge in [0.1, 0.15) is 0 Å². The molecular formula is C14H27ClN2O. The van der Waals surface area contributed by atoms with Gasteiger partial charge in [0, 0.05) is 13.6 Å². The molecule has 0 aliphatic heterocycles. The fraction of sp³-hybridized carbons (Fsp3) is 0.929. The monoisotopic (exact) mass is 274 g/mol. The number of rotatable bonds is 6. The van der Waals surface area contributed by atoms with Crippen LogP contribution in [0.1, 0.15) is 44.9 Å². The van der Waals surface area contributed by atoms with Crippen molar-refractivity contribution < 1.29 is 4.79 Å². The Hall–Kier alpha value is -0.280. The molecule has 0 unspecified atom stereocenters. The molecule has 0 bridgehead atoms. The van der Waals surface area contributed by atoms with Crippen LogP contribution < -0.4 is 5.32 Å². The second-order valence-corrected chi connectivity index (χ2v) is 5.85. The van der Waals surface area contributed by atoms with E-state index in [1.165, 1.54) is 44.9 Å². The van der Waals surface area contributed by atoms with Crippen LogP contribution in [0.4, 0.5) is 0 Å². The fourth-order valence-corrected chi connectivity index (χ4v) is 2.70. The third-order valence-electron chi connectivity index (χ3n) is 4.09. The minimum absolute atomic E-state index is 0. The van der Waals surface area contributed by atoms with Crippen molar-refractivity contribution in [3.05, 3.63) is 0 Å². The van der Waals surface area contributed by atoms with Crippen molar-refractivity contribution in [2.24, 2.45) is 11.8 Å². The van der Waals surface area contributed by atoms with Crippen LogP contribution in [0.25, 0.3) is 0 Å². The van der Waals surface area contributed by atoms with E-state index in [2.05, 4.69) is 5.32 Å². The number of nitrogens with zero attached hydrogens (tertiary/aromatic N) is 1. The van der Waals surface area contributed by atoms with Crippen LogP contribution in [0.3, 0.4) is 0 Å². The normalized spacial score (nSPS) is 20.3. The van der Waals surface area contributed by atoms with Crippen LogP contribution in [0.15, 0.2) is 0 Å². The van der Waals surface area contributed by atoms with E-state index in [0.29, 0.717) is 6.54 Å². The minimum atomic E-state index is 0. The van der Waals surface area contributed by atoms with Crippen LogP contribution in [-0.4, -0.2) is 37.5 Å². The van der Waals surface area contributed by atoms with Gasteiger partial charge in [-0.05, 0) is 44.1 Å². The van der Waals surface area contributed by atoms with E-state index in [0.717, 1.165) is 24.9 Å². The Balaban J connectivity index is 0.00000162. The average molecular weight is 275 g/mol. The summed E-state index contributed by atoms with van der Waals surface area (Å²) in [5.74, 6) is 1.86. The van der Waals surface area contributed by atoms with E-state index in [4.69, 9.17) is 0 Å². The van der Waals surface area contributed by atoms with Gasteiger partial charge >= 0.3 is 0 Å². The lowest BCUT2D eigenvalue weighted by atomic mass is 9.89. The molecule has 106 valence electrons. The average Bonchev–Trinajstić information content (AvgIpc) is 3.14. The van der Waals surface area contributed by atoms with Crippen LogP contribution in [0.2, 0.25) is 0 Å². The smallest absolute Gasteiger partial charge is 0.236 e. The molecular weight excluding hydrogens is 248 g/mol. The Bertz CT molecular complexity index is 250. The number of carbonyl (C=O) groups excluding carboxylic acids is 1. The first-order valence-corrected chi connectivity index (χ1v) is 7.20. The molecule has 1 amide bonds. The number of nitrogens with one attached hydrogen (secondary N) is 1. The first kappa shape index (κ1) is 15.8. The van der Waals surface area contributed by atoms with Gasteiger partial charge in [0.05, 0.1) is 6.54 Å². The second kappa shape index (κ2) is 8.00. The maximum Gasteiger partial charge on any atom is 0.236 e. The predicted molar refractivity (Wildman–Crippen MR) is 77.1 cm³/mol. The molecule has 18 heavy (non-hydrogen) atoms. The maximum atomic E-state index is 11.9. The summed E-state index contributed by atoms with van der Waals surface area (Å²) in [5.41, 5.74) is 0. The zero-order chi connectivity index (χ0) is 12.1. The van der Waals surface area contributed by atoms with Crippen molar-refractivity contribution in [3.8, 4) is 0 Å². The van der Waals surface area contributed by atoms with Crippen molar-refractivity contribution in [2.45, 2.75) is 44.9 Å². The minimum Gasteiger partial charge on any atom is -0.344 e. The molecule has 2 rings (SSSR count). The lowest BCUT2D eigenvalue weighted by molar-refractivity contribution is -0.129. The summed E-state index contributed by atoms with van der Waals surface area (Å²) in [7, 11) is 1.95. The van der Waals surface area contributed by atoms with Crippen LogP contribution in [0.5, 0.6) is 0 Å². The zero-order valence-corrected chi connectivity index (χ0v) is 12.3. The third-order valence-corrected chi connectivity index (χ3v) is 4.09. The Kier molecular flexibility index (Phi) is 7.02. The Morgan fingerprint density at radius 3 is 2.39 bits per heavy atom. The number of carbonyl (C=O) groups is 1. The van der Waals surface area contributed by atoms with Crippen molar-refractivity contribution in [3.63, 3.8) is 0 Å². The van der Waals surface area contributed by atoms with Gasteiger partial charge in [-0.2, -0.15) is 0 Å². The lowest BCUT2D eigenvalue weighted by Gasteiger charge is -2.27. The van der Waals surface area contributed by atoms with Gasteiger partial charge in [-0.25, -0.2) is 0 Å². The summed E-state index contributed by atoms with van der Waals surface area (Å²) in [5, 5.41) is 3.27. The molecule has 3 nitrogen and oxygen atoms in total. The second-order valence-electron chi connectivity index (χ2n) is 5.85. The molecule has 0 atom stereocenters. The molecule has 0 aromatic carbocycles. The topological polar surface area (TPSA) is 32.3 Å². The number of hydrogen-bond acceptors (Lipinski definition) is 2. The van der Waals surface area contributed by atoms with Gasteiger partial charge in [0.15, 0.2) is 0 Å². The molecule has 0 aromatic rings. The SMILES string of the molecule is CN(CC1CCCCC1)C(=O)CNCC1CC1.Cl. The fourth-order valence-electron chi connectivity index (χ4n) is 2.70. The highest BCUT2D eigenvalue weighted by Crippen LogP contribution is 2.27. The Morgan fingerprint density at radius 1 is 1.11 bits per heavy atom. The van der Waals surface area contributed by atoms with Gasteiger partial charge in [-0.1, -0.05) is 19.3 Å². The number of hydrogen-bond donors (Lipinski definition) is 1. The summed E-state index contributed by atoms with van der Waals surface area (Å²) in [4.78, 5) is 13.8. The van der Waals surface area contributed by atoms with Crippen molar-refractivity contribution in [1.82, 2.24) is 10.2 Å². The quantitative estimate of drug-likeness (QED) is 0.807. The Morgan fingerprint density at radius 2 is 1.78 bits per heavy atom. The van der Waals surface area contributed by atoms with Crippen LogP contribution in [0, 0.1) is 11.8 Å². The van der Waals surface area contributed by atoms with Crippen molar-refractivity contribution in [2.75, 3.05) is 26.7 Å². The molecule has 2 saturated carbocycles. The molecule has 0 spiro atoms. The van der Waals surface area contributed by atoms with E-state index < -0.39 is 0 Å². The summed E-state index contributed by atoms with van der Waals surface area (Å²) in [6.45, 7) is 2.52. The van der Waals surface area contributed by atoms with E-state index >= 15 is 0 Å². The molecule has 0 radical (unpaired) electrons. The van der Waals surface area contributed by atoms with Crippen molar-refractivity contribution >= 4 is 18.3 Å². The molecule has 1 N–H and O–H groups in total. The maximum absolute atomic E-state index is 11.9. The zero-order valence-electron chi connectivity index (χ0n) is 11.5. The summed E-state index contributed by atoms with van der Waals surface area (Å²) >= 11 is 0. The van der Waals surface area contributed by atoms with Gasteiger partial charge in [0.2, 0.25) is 5.91 Å². The van der Waals surface area contributed by atoms with Gasteiger partial charge in [0.25, 0.3) is 0 Å². The van der Waals surface area contributed by atoms with Gasteiger partial charge in [-0.15, -0.1) is 12.4 Å². The molecule has 0 saturated heterocycles. The highest BCUT2D eigenvalue weighted by molar-refractivity contribution is 5.85. The summed E-state index contributed by atoms with van der Waals surface area (Å²) in [6, 6.07) is 0. The number of amides is 1. The van der Waals surface area contributed by atoms with Gasteiger partial charge in [-0.3, -0.25) is 4.79 Å². The number of likely N-dealkylation sites (N-methyl/N-ethyl adjacent to an activating group) is 1. The highest BCUT2D eigenvalue weighted by atomic mass is 35.5. The highest BCUT2D eigenvalue weighted by Gasteiger charge is 2.21. The van der Waals surface area contributed by atoms with E-state index in [9.17, 15) is 4.79 Å². The largest absolute Gasteiger partial charge is 0.344 e. The van der Waals surface area contributed by atoms with E-state index in [1.807, 2.05) is 11.9 Å². The molecule has 4 heteroatoms. The van der Waals surface area contributed by atoms with Gasteiger partial charge < -0.3 is 10.2 Å². The standard InChI is InChI=1S/C14H26N2O.ClH/c1-16(11-13-5-3-2-4-6-13)14(17)10-15-9-12-7-8-12;/h12-13,15H,2-11H2,1H3;1H. The summed E-state index contributed by atoms with van der Waals surface area (Å²) < 4.78 is 0. The number of halogens is 1. The lowest BCUT2D eigenvalue weighted by Crippen LogP contribution is -2.39. The molecule has 0 aromatic heterocycles. The molecule has 0 heterocycles. The third kappa shape index (κ3) is 5.57. The molecule has 2 aliphatic rings. The van der Waals surface area contributed by atoms with Crippen LogP contribution in [-0.2, 0) is 4.79 Å². The van der Waals surface area contributed by atoms with E-state index in [-0.39, 0.29) is 18.3 Å². The molecule has 2 aliphatic carbocycles. The van der Waals surface area contributed by atoms with Crippen molar-refractivity contribution in [1.29, 1.82) is 0 Å². The Labute approximate surface area is 117 Å². The van der Waals surface area contributed by atoms with Crippen LogP contribution >= 0.6 is 12.4 Å². The molecule has 2 fully saturated rings. The van der Waals surface area contributed by atoms with E-state index in [1.54, 1.807) is 0 Å². The predicted octanol–water partition coefficient (Wildman–Crippen LogP) is 2.45.